The van der Waals surface area contributed by atoms with E-state index in [1.165, 1.54) is 44.7 Å². The number of methoxy groups -OCH3 is 1. The molecule has 35 heavy (non-hydrogen) atoms. The van der Waals surface area contributed by atoms with Gasteiger partial charge in [0.2, 0.25) is 0 Å². The SMILES string of the molecule is COC(=O)c1c(N2CCN(C)CC2)cc(-c2ccc3c(c2)ncn3C2CCCCC2)c2nc[nH]c12. The number of benzene rings is 2. The van der Waals surface area contributed by atoms with Gasteiger partial charge in [-0.2, -0.15) is 0 Å². The fraction of sp³-hybridized carbons (Fsp3) is 0.444. The molecule has 8 heteroatoms. The summed E-state index contributed by atoms with van der Waals surface area (Å²) < 4.78 is 7.55. The smallest absolute Gasteiger partial charge is 0.342 e. The minimum absolute atomic E-state index is 0.346. The molecular weight excluding hydrogens is 440 g/mol. The lowest BCUT2D eigenvalue weighted by molar-refractivity contribution is 0.0603. The normalized spacial score (nSPS) is 17.9. The maximum Gasteiger partial charge on any atom is 0.342 e. The number of likely N-dealkylation sites (N-methyl/N-ethyl adjacent to an activating group) is 1. The Hall–Kier alpha value is -3.39. The number of piperazine rings is 1. The summed E-state index contributed by atoms with van der Waals surface area (Å²) in [7, 11) is 3.56. The predicted octanol–water partition coefficient (Wildman–Crippen LogP) is 4.62. The highest BCUT2D eigenvalue weighted by Crippen LogP contribution is 2.38. The van der Waals surface area contributed by atoms with Crippen LogP contribution in [0.1, 0.15) is 48.5 Å². The van der Waals surface area contributed by atoms with Gasteiger partial charge in [-0.15, -0.1) is 0 Å². The van der Waals surface area contributed by atoms with Crippen molar-refractivity contribution in [2.75, 3.05) is 45.2 Å². The quantitative estimate of drug-likeness (QED) is 0.437. The Morgan fingerprint density at radius 3 is 2.63 bits per heavy atom. The molecule has 0 bridgehead atoms. The van der Waals surface area contributed by atoms with Gasteiger partial charge in [0.25, 0.3) is 0 Å². The fourth-order valence-corrected chi connectivity index (χ4v) is 5.77. The molecule has 8 nitrogen and oxygen atoms in total. The van der Waals surface area contributed by atoms with Crippen LogP contribution in [-0.2, 0) is 4.74 Å². The van der Waals surface area contributed by atoms with Gasteiger partial charge in [-0.05, 0) is 43.7 Å². The highest BCUT2D eigenvalue weighted by Gasteiger charge is 2.27. The van der Waals surface area contributed by atoms with Gasteiger partial charge in [-0.1, -0.05) is 25.3 Å². The van der Waals surface area contributed by atoms with Crippen molar-refractivity contribution in [3.8, 4) is 11.1 Å². The van der Waals surface area contributed by atoms with Crippen molar-refractivity contribution in [3.05, 3.63) is 42.5 Å². The molecule has 1 N–H and O–H groups in total. The lowest BCUT2D eigenvalue weighted by Gasteiger charge is -2.35. The van der Waals surface area contributed by atoms with Gasteiger partial charge in [0.05, 0.1) is 47.5 Å². The maximum atomic E-state index is 12.9. The Kier molecular flexibility index (Phi) is 5.68. The number of fused-ring (bicyclic) bond motifs is 2. The number of nitrogens with one attached hydrogen (secondary N) is 1. The lowest BCUT2D eigenvalue weighted by Crippen LogP contribution is -2.45. The number of H-pyrrole nitrogens is 1. The summed E-state index contributed by atoms with van der Waals surface area (Å²) in [5, 5.41) is 0. The first-order valence-corrected chi connectivity index (χ1v) is 12.6. The third kappa shape index (κ3) is 3.86. The zero-order valence-corrected chi connectivity index (χ0v) is 20.5. The van der Waals surface area contributed by atoms with Gasteiger partial charge < -0.3 is 24.1 Å². The van der Waals surface area contributed by atoms with Gasteiger partial charge in [-0.3, -0.25) is 0 Å². The van der Waals surface area contributed by atoms with Crippen molar-refractivity contribution in [1.82, 2.24) is 24.4 Å². The van der Waals surface area contributed by atoms with Gasteiger partial charge >= 0.3 is 5.97 Å². The van der Waals surface area contributed by atoms with Crippen LogP contribution in [0.15, 0.2) is 36.9 Å². The van der Waals surface area contributed by atoms with Crippen LogP contribution >= 0.6 is 0 Å². The molecule has 0 atom stereocenters. The zero-order valence-electron chi connectivity index (χ0n) is 20.5. The van der Waals surface area contributed by atoms with Crippen molar-refractivity contribution in [1.29, 1.82) is 0 Å². The molecule has 1 aliphatic carbocycles. The third-order valence-electron chi connectivity index (χ3n) is 7.77. The summed E-state index contributed by atoms with van der Waals surface area (Å²) in [4.78, 5) is 30.1. The van der Waals surface area contributed by atoms with Gasteiger partial charge in [-0.25, -0.2) is 14.8 Å². The number of aromatic amines is 1. The topological polar surface area (TPSA) is 79.3 Å². The average molecular weight is 473 g/mol. The molecule has 1 aliphatic heterocycles. The molecule has 2 aromatic heterocycles. The van der Waals surface area contributed by atoms with Crippen LogP contribution in [-0.4, -0.2) is 70.7 Å². The minimum Gasteiger partial charge on any atom is -0.465 e. The first kappa shape index (κ1) is 22.1. The van der Waals surface area contributed by atoms with Crippen molar-refractivity contribution in [2.24, 2.45) is 0 Å². The summed E-state index contributed by atoms with van der Waals surface area (Å²) in [6.07, 6.45) is 10.0. The molecule has 1 saturated carbocycles. The third-order valence-corrected chi connectivity index (χ3v) is 7.77. The van der Waals surface area contributed by atoms with Gasteiger partial charge in [0.1, 0.15) is 5.56 Å². The number of nitrogens with zero attached hydrogens (tertiary/aromatic N) is 5. The number of ether oxygens (including phenoxy) is 1. The second-order valence-electron chi connectivity index (χ2n) is 9.87. The van der Waals surface area contributed by atoms with E-state index in [0.29, 0.717) is 11.6 Å². The highest BCUT2D eigenvalue weighted by atomic mass is 16.5. The Morgan fingerprint density at radius 1 is 1.06 bits per heavy atom. The molecule has 182 valence electrons. The predicted molar refractivity (Wildman–Crippen MR) is 138 cm³/mol. The lowest BCUT2D eigenvalue weighted by atomic mass is 9.95. The zero-order chi connectivity index (χ0) is 23.9. The van der Waals surface area contributed by atoms with Crippen LogP contribution in [0.25, 0.3) is 33.2 Å². The van der Waals surface area contributed by atoms with Crippen LogP contribution in [0.2, 0.25) is 0 Å². The first-order chi connectivity index (χ1) is 17.1. The van der Waals surface area contributed by atoms with Crippen molar-refractivity contribution in [2.45, 2.75) is 38.1 Å². The Morgan fingerprint density at radius 2 is 1.86 bits per heavy atom. The van der Waals surface area contributed by atoms with E-state index < -0.39 is 0 Å². The number of esters is 1. The molecule has 2 fully saturated rings. The van der Waals surface area contributed by atoms with Crippen molar-refractivity contribution >= 4 is 33.7 Å². The van der Waals surface area contributed by atoms with E-state index in [9.17, 15) is 4.79 Å². The summed E-state index contributed by atoms with van der Waals surface area (Å²) in [6, 6.07) is 9.16. The van der Waals surface area contributed by atoms with E-state index in [-0.39, 0.29) is 5.97 Å². The molecular formula is C27H32N6O2. The van der Waals surface area contributed by atoms with Crippen molar-refractivity contribution < 1.29 is 9.53 Å². The van der Waals surface area contributed by atoms with E-state index >= 15 is 0 Å². The monoisotopic (exact) mass is 472 g/mol. The number of imidazole rings is 2. The molecule has 0 amide bonds. The molecule has 6 rings (SSSR count). The molecule has 3 heterocycles. The van der Waals surface area contributed by atoms with Crippen LogP contribution in [0.4, 0.5) is 5.69 Å². The maximum absolute atomic E-state index is 12.9. The molecule has 2 aromatic carbocycles. The Bertz CT molecular complexity index is 1380. The second kappa shape index (κ2) is 9.00. The van der Waals surface area contributed by atoms with E-state index in [1.807, 2.05) is 6.33 Å². The average Bonchev–Trinajstić information content (AvgIpc) is 3.55. The largest absolute Gasteiger partial charge is 0.465 e. The van der Waals surface area contributed by atoms with Crippen molar-refractivity contribution in [3.63, 3.8) is 0 Å². The summed E-state index contributed by atoms with van der Waals surface area (Å²) in [6.45, 7) is 3.60. The minimum atomic E-state index is -0.346. The number of aromatic nitrogens is 4. The van der Waals surface area contributed by atoms with Crippen LogP contribution in [0.5, 0.6) is 0 Å². The first-order valence-electron chi connectivity index (χ1n) is 12.6. The van der Waals surface area contributed by atoms with Crippen LogP contribution in [0, 0.1) is 0 Å². The number of carbonyl (C=O) groups excluding carboxylic acids is 1. The van der Waals surface area contributed by atoms with E-state index in [0.717, 1.165) is 59.5 Å². The number of carbonyl (C=O) groups is 1. The number of rotatable bonds is 4. The summed E-state index contributed by atoms with van der Waals surface area (Å²) in [5.74, 6) is -0.346. The number of hydrogen-bond acceptors (Lipinski definition) is 6. The van der Waals surface area contributed by atoms with E-state index in [2.05, 4.69) is 55.6 Å². The molecule has 0 spiro atoms. The molecule has 0 unspecified atom stereocenters. The number of hydrogen-bond donors (Lipinski definition) is 1. The van der Waals surface area contributed by atoms with Gasteiger partial charge in [0.15, 0.2) is 0 Å². The Labute approximate surface area is 204 Å². The van der Waals surface area contributed by atoms with E-state index in [4.69, 9.17) is 9.72 Å². The molecule has 2 aliphatic rings. The Balaban J connectivity index is 1.47. The standard InChI is InChI=1S/C27H32N6O2/c1-31-10-12-32(13-11-31)23-15-20(25-26(29-16-28-25)24(23)27(34)35-2)18-8-9-22-21(14-18)30-17-33(22)19-6-4-3-5-7-19/h8-9,14-17,19H,3-7,10-13H2,1-2H3,(H,28,29). The summed E-state index contributed by atoms with van der Waals surface area (Å²) >= 11 is 0. The second-order valence-corrected chi connectivity index (χ2v) is 9.87. The number of anilines is 1. The fourth-order valence-electron chi connectivity index (χ4n) is 5.77. The van der Waals surface area contributed by atoms with Gasteiger partial charge in [0, 0.05) is 37.8 Å². The summed E-state index contributed by atoms with van der Waals surface area (Å²) in [5.41, 5.74) is 7.16. The molecule has 0 radical (unpaired) electrons. The van der Waals surface area contributed by atoms with Crippen LogP contribution in [0.3, 0.4) is 0 Å². The highest BCUT2D eigenvalue weighted by molar-refractivity contribution is 6.11. The van der Waals surface area contributed by atoms with E-state index in [1.54, 1.807) is 6.33 Å². The molecule has 1 saturated heterocycles. The molecule has 4 aromatic rings. The van der Waals surface area contributed by atoms with Crippen LogP contribution < -0.4 is 4.90 Å².